The molecule has 0 spiro atoms. The number of benzene rings is 2. The number of carbonyl (C=O) groups is 2. The zero-order chi connectivity index (χ0) is 29.1. The van der Waals surface area contributed by atoms with Gasteiger partial charge in [0.1, 0.15) is 5.78 Å². The number of ketones is 1. The largest absolute Gasteiger partial charge is 0.407 e. The number of Topliss-reactive ketones (excluding diaryl/α,β-unsaturated/α-hetero) is 1. The van der Waals surface area contributed by atoms with Crippen molar-refractivity contribution >= 4 is 30.4 Å². The van der Waals surface area contributed by atoms with E-state index < -0.39 is 14.2 Å². The van der Waals surface area contributed by atoms with Crippen molar-refractivity contribution in [2.24, 2.45) is 5.92 Å². The molecule has 0 fully saturated rings. The van der Waals surface area contributed by atoms with Gasteiger partial charge in [-0.15, -0.1) is 0 Å². The summed E-state index contributed by atoms with van der Waals surface area (Å²) >= 11 is 0. The van der Waals surface area contributed by atoms with Crippen LogP contribution in [0.25, 0.3) is 0 Å². The highest BCUT2D eigenvalue weighted by molar-refractivity contribution is 6.99. The van der Waals surface area contributed by atoms with Gasteiger partial charge in [-0.2, -0.15) is 0 Å². The first-order valence-corrected chi connectivity index (χ1v) is 16.1. The normalized spacial score (nSPS) is 13.1. The third-order valence-corrected chi connectivity index (χ3v) is 12.3. The first-order chi connectivity index (χ1) is 18.4. The fraction of sp³-hybridized carbons (Fsp3) is 0.471. The molecule has 4 nitrogen and oxygen atoms in total. The highest BCUT2D eigenvalue weighted by Gasteiger charge is 2.50. The van der Waals surface area contributed by atoms with Crippen molar-refractivity contribution in [1.29, 1.82) is 0 Å². The minimum absolute atomic E-state index is 0.0483. The predicted octanol–water partition coefficient (Wildman–Crippen LogP) is 6.70. The lowest BCUT2D eigenvalue weighted by molar-refractivity contribution is -0.134. The van der Waals surface area contributed by atoms with Crippen LogP contribution in [0, 0.1) is 5.92 Å². The highest BCUT2D eigenvalue weighted by Crippen LogP contribution is 2.37. The molecule has 39 heavy (non-hydrogen) atoms. The number of nitrogens with zero attached hydrogens (tertiary/aromatic N) is 1. The fourth-order valence-electron chi connectivity index (χ4n) is 5.00. The van der Waals surface area contributed by atoms with Crippen LogP contribution in [0.4, 0.5) is 0 Å². The molecule has 5 heteroatoms. The first-order valence-electron chi connectivity index (χ1n) is 14.2. The van der Waals surface area contributed by atoms with Gasteiger partial charge < -0.3 is 9.33 Å². The van der Waals surface area contributed by atoms with Gasteiger partial charge in [-0.05, 0) is 55.4 Å². The summed E-state index contributed by atoms with van der Waals surface area (Å²) in [5.41, 5.74) is 2.62. The van der Waals surface area contributed by atoms with E-state index in [1.54, 1.807) is 19.0 Å². The van der Waals surface area contributed by atoms with E-state index in [-0.39, 0.29) is 29.8 Å². The molecule has 0 N–H and O–H groups in total. The van der Waals surface area contributed by atoms with Crippen LogP contribution >= 0.6 is 0 Å². The number of amides is 1. The molecule has 0 saturated heterocycles. The third-order valence-electron chi connectivity index (χ3n) is 7.27. The van der Waals surface area contributed by atoms with Crippen molar-refractivity contribution in [3.05, 3.63) is 84.0 Å². The van der Waals surface area contributed by atoms with Gasteiger partial charge >= 0.3 is 0 Å². The molecular formula is C34H49NO3Si. The van der Waals surface area contributed by atoms with Crippen molar-refractivity contribution in [1.82, 2.24) is 4.90 Å². The van der Waals surface area contributed by atoms with Gasteiger partial charge in [0, 0.05) is 39.5 Å². The van der Waals surface area contributed by atoms with Crippen LogP contribution in [0.15, 0.2) is 84.0 Å². The number of hydrogen-bond acceptors (Lipinski definition) is 3. The SMILES string of the molecule is CC(C)=CCC/C(C)=C/CCC(=O)C(CO[Si](c1ccccc1)(c1ccccc1)C(C)(C)C)CC(=O)N(C)C. The smallest absolute Gasteiger partial charge is 0.261 e. The van der Waals surface area contributed by atoms with E-state index in [0.717, 1.165) is 12.8 Å². The van der Waals surface area contributed by atoms with Crippen LogP contribution < -0.4 is 10.4 Å². The van der Waals surface area contributed by atoms with Gasteiger partial charge in [-0.1, -0.05) is 105 Å². The van der Waals surface area contributed by atoms with Crippen molar-refractivity contribution in [3.8, 4) is 0 Å². The second kappa shape index (κ2) is 15.1. The first kappa shape index (κ1) is 32.4. The summed E-state index contributed by atoms with van der Waals surface area (Å²) in [5.74, 6) is -0.440. The molecule has 0 bridgehead atoms. The standard InChI is InChI=1S/C34H49NO3Si/c1-27(2)17-15-18-28(3)19-16-24-32(36)29(25-33(37)35(7)8)26-38-39(34(4,5)6,30-20-11-9-12-21-30)31-22-13-10-14-23-31/h9-14,17,19-23,29H,15-16,18,24-26H2,1-8H3/b28-19+. The summed E-state index contributed by atoms with van der Waals surface area (Å²) in [4.78, 5) is 27.9. The van der Waals surface area contributed by atoms with Gasteiger partial charge in [0.25, 0.3) is 8.32 Å². The quantitative estimate of drug-likeness (QED) is 0.195. The van der Waals surface area contributed by atoms with Crippen LogP contribution in [0.1, 0.15) is 73.6 Å². The lowest BCUT2D eigenvalue weighted by Crippen LogP contribution is -2.67. The average molecular weight is 548 g/mol. The molecule has 0 aliphatic carbocycles. The summed E-state index contributed by atoms with van der Waals surface area (Å²) in [5, 5.41) is 2.15. The number of hydrogen-bond donors (Lipinski definition) is 0. The number of carbonyl (C=O) groups excluding carboxylic acids is 2. The van der Waals surface area contributed by atoms with Crippen LogP contribution in [0.5, 0.6) is 0 Å². The second-order valence-corrected chi connectivity index (χ2v) is 16.3. The van der Waals surface area contributed by atoms with Crippen molar-refractivity contribution in [2.75, 3.05) is 20.7 Å². The fourth-order valence-corrected chi connectivity index (χ4v) is 9.61. The summed E-state index contributed by atoms with van der Waals surface area (Å²) in [6, 6.07) is 20.9. The van der Waals surface area contributed by atoms with Gasteiger partial charge in [0.15, 0.2) is 0 Å². The van der Waals surface area contributed by atoms with Crippen LogP contribution in [0.2, 0.25) is 5.04 Å². The molecule has 0 radical (unpaired) electrons. The maximum Gasteiger partial charge on any atom is 0.261 e. The van der Waals surface area contributed by atoms with E-state index in [1.165, 1.54) is 21.5 Å². The maximum atomic E-state index is 13.6. The van der Waals surface area contributed by atoms with E-state index in [0.29, 0.717) is 12.8 Å². The summed E-state index contributed by atoms with van der Waals surface area (Å²) in [6.45, 7) is 13.3. The average Bonchev–Trinajstić information content (AvgIpc) is 2.88. The number of rotatable bonds is 14. The summed E-state index contributed by atoms with van der Waals surface area (Å²) in [7, 11) is 0.679. The third kappa shape index (κ3) is 9.43. The monoisotopic (exact) mass is 547 g/mol. The molecule has 0 saturated carbocycles. The van der Waals surface area contributed by atoms with E-state index >= 15 is 0 Å². The minimum atomic E-state index is -2.80. The Morgan fingerprint density at radius 3 is 1.82 bits per heavy atom. The van der Waals surface area contributed by atoms with Crippen LogP contribution in [-0.4, -0.2) is 45.6 Å². The maximum absolute atomic E-state index is 13.6. The van der Waals surface area contributed by atoms with Gasteiger partial charge in [-0.25, -0.2) is 0 Å². The lowest BCUT2D eigenvalue weighted by atomic mass is 9.96. The molecule has 1 unspecified atom stereocenters. The van der Waals surface area contributed by atoms with E-state index in [4.69, 9.17) is 4.43 Å². The molecule has 0 aliphatic rings. The van der Waals surface area contributed by atoms with Gasteiger partial charge in [-0.3, -0.25) is 9.59 Å². The predicted molar refractivity (Wildman–Crippen MR) is 167 cm³/mol. The highest BCUT2D eigenvalue weighted by atomic mass is 28.4. The molecule has 0 heterocycles. The Morgan fingerprint density at radius 2 is 1.36 bits per heavy atom. The molecule has 2 aromatic rings. The Hall–Kier alpha value is -2.76. The summed E-state index contributed by atoms with van der Waals surface area (Å²) < 4.78 is 7.06. The zero-order valence-electron chi connectivity index (χ0n) is 25.4. The number of allylic oxidation sites excluding steroid dienone is 4. The molecular weight excluding hydrogens is 498 g/mol. The van der Waals surface area contributed by atoms with Gasteiger partial charge in [0.05, 0.1) is 0 Å². The van der Waals surface area contributed by atoms with Crippen molar-refractivity contribution < 1.29 is 14.0 Å². The minimum Gasteiger partial charge on any atom is -0.407 e. The topological polar surface area (TPSA) is 46.6 Å². The second-order valence-electron chi connectivity index (χ2n) is 12.0. The van der Waals surface area contributed by atoms with Crippen molar-refractivity contribution in [2.45, 2.75) is 78.7 Å². The molecule has 1 amide bonds. The van der Waals surface area contributed by atoms with E-state index in [2.05, 4.69) is 102 Å². The Balaban J connectivity index is 2.34. The molecule has 1 atom stereocenters. The van der Waals surface area contributed by atoms with E-state index in [1.807, 2.05) is 12.1 Å². The van der Waals surface area contributed by atoms with Crippen LogP contribution in [-0.2, 0) is 14.0 Å². The Kier molecular flexibility index (Phi) is 12.6. The molecule has 0 aliphatic heterocycles. The summed E-state index contributed by atoms with van der Waals surface area (Å²) in [6.07, 6.45) is 7.69. The molecule has 0 aromatic heterocycles. The molecule has 2 rings (SSSR count). The zero-order valence-corrected chi connectivity index (χ0v) is 26.4. The Bertz CT molecular complexity index is 1070. The Labute approximate surface area is 238 Å². The van der Waals surface area contributed by atoms with Gasteiger partial charge in [0.2, 0.25) is 5.91 Å². The Morgan fingerprint density at radius 1 is 0.846 bits per heavy atom. The van der Waals surface area contributed by atoms with E-state index in [9.17, 15) is 9.59 Å². The lowest BCUT2D eigenvalue weighted by Gasteiger charge is -2.43. The molecule has 212 valence electrons. The van der Waals surface area contributed by atoms with Crippen LogP contribution in [0.3, 0.4) is 0 Å². The van der Waals surface area contributed by atoms with Crippen molar-refractivity contribution in [3.63, 3.8) is 0 Å². The molecule has 2 aromatic carbocycles.